The molecular weight excluding hydrogens is 168 g/mol. The van der Waals surface area contributed by atoms with Crippen LogP contribution in [0.25, 0.3) is 0 Å². The molecule has 1 N–H and O–H groups in total. The third-order valence-corrected chi connectivity index (χ3v) is 1.35. The highest BCUT2D eigenvalue weighted by Crippen LogP contribution is 2.01. The van der Waals surface area contributed by atoms with E-state index in [1.165, 1.54) is 5.17 Å². The number of rotatable bonds is 2. The van der Waals surface area contributed by atoms with Gasteiger partial charge < -0.3 is 4.84 Å². The molecular formula is C8H8N4O. The van der Waals surface area contributed by atoms with Gasteiger partial charge in [0.15, 0.2) is 0 Å². The summed E-state index contributed by atoms with van der Waals surface area (Å²) >= 11 is 0. The van der Waals surface area contributed by atoms with Crippen molar-refractivity contribution in [2.75, 3.05) is 0 Å². The Balaban J connectivity index is 1.99. The van der Waals surface area contributed by atoms with Gasteiger partial charge in [0.05, 0.1) is 6.20 Å². The minimum absolute atomic E-state index is 0.301. The van der Waals surface area contributed by atoms with Gasteiger partial charge in [0.2, 0.25) is 0 Å². The lowest BCUT2D eigenvalue weighted by molar-refractivity contribution is -0.0522. The molecule has 0 radical (unpaired) electrons. The van der Waals surface area contributed by atoms with Crippen molar-refractivity contribution >= 4 is 0 Å². The maximum absolute atomic E-state index is 5.22. The monoisotopic (exact) mass is 176 g/mol. The van der Waals surface area contributed by atoms with Crippen LogP contribution in [0.15, 0.2) is 43.0 Å². The number of aromatic nitrogens is 2. The SMILES string of the molecule is C1=CNN(Oc2ncccn2)C=C1. The Labute approximate surface area is 75.3 Å². The lowest BCUT2D eigenvalue weighted by atomic mass is 10.5. The third-order valence-electron chi connectivity index (χ3n) is 1.35. The summed E-state index contributed by atoms with van der Waals surface area (Å²) in [6.45, 7) is 0. The Bertz CT molecular complexity index is 322. The largest absolute Gasteiger partial charge is 0.345 e. The van der Waals surface area contributed by atoms with Crippen molar-refractivity contribution in [2.45, 2.75) is 0 Å². The van der Waals surface area contributed by atoms with Crippen LogP contribution in [-0.2, 0) is 0 Å². The third kappa shape index (κ3) is 1.96. The second-order valence-corrected chi connectivity index (χ2v) is 2.28. The molecule has 0 aromatic carbocycles. The molecule has 0 fully saturated rings. The van der Waals surface area contributed by atoms with E-state index < -0.39 is 0 Å². The summed E-state index contributed by atoms with van der Waals surface area (Å²) < 4.78 is 0. The van der Waals surface area contributed by atoms with E-state index in [0.717, 1.165) is 0 Å². The molecule has 1 aliphatic rings. The summed E-state index contributed by atoms with van der Waals surface area (Å²) in [6, 6.07) is 2.03. The van der Waals surface area contributed by atoms with Crippen LogP contribution in [0.4, 0.5) is 0 Å². The molecule has 0 saturated carbocycles. The summed E-state index contributed by atoms with van der Waals surface area (Å²) in [6.07, 6.45) is 10.4. The highest BCUT2D eigenvalue weighted by atomic mass is 16.7. The molecule has 66 valence electrons. The first-order valence-corrected chi connectivity index (χ1v) is 3.79. The molecule has 0 atom stereocenters. The van der Waals surface area contributed by atoms with Crippen LogP contribution in [0, 0.1) is 0 Å². The minimum atomic E-state index is 0.301. The number of allylic oxidation sites excluding steroid dienone is 2. The highest BCUT2D eigenvalue weighted by Gasteiger charge is 2.02. The predicted octanol–water partition coefficient (Wildman–Crippen LogP) is 0.618. The number of hydrazine groups is 1. The van der Waals surface area contributed by atoms with E-state index in [9.17, 15) is 0 Å². The van der Waals surface area contributed by atoms with Crippen LogP contribution < -0.4 is 10.3 Å². The van der Waals surface area contributed by atoms with Crippen molar-refractivity contribution in [1.82, 2.24) is 20.6 Å². The van der Waals surface area contributed by atoms with E-state index in [-0.39, 0.29) is 0 Å². The maximum atomic E-state index is 5.22. The number of nitrogens with zero attached hydrogens (tertiary/aromatic N) is 3. The zero-order valence-corrected chi connectivity index (χ0v) is 6.79. The fourth-order valence-electron chi connectivity index (χ4n) is 0.820. The smallest absolute Gasteiger partial charge is 0.318 e. The molecule has 1 aromatic heterocycles. The second-order valence-electron chi connectivity index (χ2n) is 2.28. The van der Waals surface area contributed by atoms with Gasteiger partial charge in [0.25, 0.3) is 0 Å². The van der Waals surface area contributed by atoms with Gasteiger partial charge in [-0.05, 0) is 18.2 Å². The van der Waals surface area contributed by atoms with Crippen molar-refractivity contribution in [3.8, 4) is 6.01 Å². The number of hydrogen-bond acceptors (Lipinski definition) is 5. The summed E-state index contributed by atoms with van der Waals surface area (Å²) in [4.78, 5) is 13.0. The van der Waals surface area contributed by atoms with Crippen molar-refractivity contribution < 1.29 is 4.84 Å². The molecule has 0 spiro atoms. The topological polar surface area (TPSA) is 50.3 Å². The van der Waals surface area contributed by atoms with E-state index in [1.807, 2.05) is 12.2 Å². The normalized spacial score (nSPS) is 14.0. The lowest BCUT2D eigenvalue weighted by Gasteiger charge is -2.19. The Hall–Kier alpha value is -2.04. The van der Waals surface area contributed by atoms with Crippen molar-refractivity contribution in [3.05, 3.63) is 43.0 Å². The Morgan fingerprint density at radius 2 is 2.08 bits per heavy atom. The molecule has 2 rings (SSSR count). The molecule has 5 nitrogen and oxygen atoms in total. The van der Waals surface area contributed by atoms with E-state index in [1.54, 1.807) is 30.9 Å². The zero-order valence-electron chi connectivity index (χ0n) is 6.79. The Morgan fingerprint density at radius 1 is 1.23 bits per heavy atom. The van der Waals surface area contributed by atoms with Crippen LogP contribution in [-0.4, -0.2) is 15.1 Å². The minimum Gasteiger partial charge on any atom is -0.318 e. The first-order valence-electron chi connectivity index (χ1n) is 3.79. The van der Waals surface area contributed by atoms with Gasteiger partial charge in [-0.1, -0.05) is 0 Å². The van der Waals surface area contributed by atoms with Gasteiger partial charge in [-0.3, -0.25) is 5.43 Å². The van der Waals surface area contributed by atoms with Crippen LogP contribution in [0.3, 0.4) is 0 Å². The van der Waals surface area contributed by atoms with Crippen molar-refractivity contribution in [3.63, 3.8) is 0 Å². The van der Waals surface area contributed by atoms with Crippen LogP contribution in [0.2, 0.25) is 0 Å². The van der Waals surface area contributed by atoms with Gasteiger partial charge in [0.1, 0.15) is 0 Å². The first-order chi connectivity index (χ1) is 6.45. The molecule has 0 unspecified atom stereocenters. The summed E-state index contributed by atoms with van der Waals surface area (Å²) in [5.74, 6) is 0. The molecule has 0 amide bonds. The predicted molar refractivity (Wildman–Crippen MR) is 45.9 cm³/mol. The van der Waals surface area contributed by atoms with E-state index in [4.69, 9.17) is 4.84 Å². The average molecular weight is 176 g/mol. The molecule has 5 heteroatoms. The van der Waals surface area contributed by atoms with Crippen LogP contribution in [0.5, 0.6) is 6.01 Å². The summed E-state index contributed by atoms with van der Waals surface area (Å²) in [5, 5.41) is 1.41. The van der Waals surface area contributed by atoms with E-state index >= 15 is 0 Å². The maximum Gasteiger partial charge on any atom is 0.345 e. The standard InChI is InChI=1S/C8H8N4O/c1-2-7-12(11-6-1)13-8-9-4-3-5-10-8/h1-7,11H. The van der Waals surface area contributed by atoms with Crippen molar-refractivity contribution in [2.24, 2.45) is 0 Å². The molecule has 2 heterocycles. The molecule has 1 aromatic rings. The summed E-state index contributed by atoms with van der Waals surface area (Å²) in [5.41, 5.74) is 2.83. The number of hydrogen-bond donors (Lipinski definition) is 1. The fourth-order valence-corrected chi connectivity index (χ4v) is 0.820. The van der Waals surface area contributed by atoms with E-state index in [2.05, 4.69) is 15.4 Å². The van der Waals surface area contributed by atoms with Crippen molar-refractivity contribution in [1.29, 1.82) is 0 Å². The van der Waals surface area contributed by atoms with Gasteiger partial charge in [-0.25, -0.2) is 9.97 Å². The molecule has 0 saturated heterocycles. The second kappa shape index (κ2) is 3.57. The molecule has 0 bridgehead atoms. The molecule has 13 heavy (non-hydrogen) atoms. The molecule has 0 aliphatic carbocycles. The van der Waals surface area contributed by atoms with E-state index in [0.29, 0.717) is 6.01 Å². The summed E-state index contributed by atoms with van der Waals surface area (Å²) in [7, 11) is 0. The quantitative estimate of drug-likeness (QED) is 0.715. The van der Waals surface area contributed by atoms with Gasteiger partial charge >= 0.3 is 6.01 Å². The zero-order chi connectivity index (χ0) is 8.93. The average Bonchev–Trinajstić information content (AvgIpc) is 2.21. The van der Waals surface area contributed by atoms with Gasteiger partial charge in [-0.2, -0.15) is 0 Å². The lowest BCUT2D eigenvalue weighted by Crippen LogP contribution is -2.34. The van der Waals surface area contributed by atoms with Crippen LogP contribution >= 0.6 is 0 Å². The van der Waals surface area contributed by atoms with Gasteiger partial charge in [-0.15, -0.1) is 5.17 Å². The highest BCUT2D eigenvalue weighted by molar-refractivity contribution is 5.04. The van der Waals surface area contributed by atoms with Gasteiger partial charge in [0, 0.05) is 18.6 Å². The Morgan fingerprint density at radius 3 is 2.77 bits per heavy atom. The molecule has 1 aliphatic heterocycles. The first kappa shape index (κ1) is 7.60. The number of nitrogens with one attached hydrogen (secondary N) is 1. The van der Waals surface area contributed by atoms with Crippen LogP contribution in [0.1, 0.15) is 0 Å². The fraction of sp³-hybridized carbons (Fsp3) is 0. The Kier molecular flexibility index (Phi) is 2.09. The number of hydroxylamine groups is 1.